The van der Waals surface area contributed by atoms with Crippen molar-refractivity contribution >= 4 is 5.65 Å². The van der Waals surface area contributed by atoms with Crippen molar-refractivity contribution in [3.63, 3.8) is 0 Å². The number of aliphatic hydroxyl groups excluding tert-OH is 1. The number of aliphatic hydroxyl groups is 1. The van der Waals surface area contributed by atoms with E-state index in [4.69, 9.17) is 4.98 Å². The zero-order valence-corrected chi connectivity index (χ0v) is 12.7. The summed E-state index contributed by atoms with van der Waals surface area (Å²) in [5.74, 6) is 0. The van der Waals surface area contributed by atoms with Crippen LogP contribution in [0.1, 0.15) is 41.1 Å². The Kier molecular flexibility index (Phi) is 3.52. The SMILES string of the molecule is Cc1ccc(Cc2nc3c(C)cccn3c2C(C)O)cc1. The van der Waals surface area contributed by atoms with E-state index in [1.165, 1.54) is 11.1 Å². The van der Waals surface area contributed by atoms with Gasteiger partial charge in [-0.1, -0.05) is 35.9 Å². The first-order valence-corrected chi connectivity index (χ1v) is 7.26. The lowest BCUT2D eigenvalue weighted by Gasteiger charge is -2.08. The van der Waals surface area contributed by atoms with Gasteiger partial charge in [-0.2, -0.15) is 0 Å². The summed E-state index contributed by atoms with van der Waals surface area (Å²) in [4.78, 5) is 4.75. The predicted molar refractivity (Wildman–Crippen MR) is 84.5 cm³/mol. The normalized spacial score (nSPS) is 12.8. The van der Waals surface area contributed by atoms with Crippen LogP contribution in [0.5, 0.6) is 0 Å². The van der Waals surface area contributed by atoms with Crippen LogP contribution in [-0.4, -0.2) is 14.5 Å². The molecular weight excluding hydrogens is 260 g/mol. The fourth-order valence-electron chi connectivity index (χ4n) is 2.74. The molecule has 3 aromatic rings. The van der Waals surface area contributed by atoms with E-state index in [2.05, 4.69) is 31.2 Å². The van der Waals surface area contributed by atoms with Crippen LogP contribution < -0.4 is 0 Å². The Morgan fingerprint density at radius 1 is 1.14 bits per heavy atom. The van der Waals surface area contributed by atoms with Crippen LogP contribution in [-0.2, 0) is 6.42 Å². The molecule has 1 unspecified atom stereocenters. The fraction of sp³-hybridized carbons (Fsp3) is 0.278. The third-order valence-electron chi connectivity index (χ3n) is 3.85. The predicted octanol–water partition coefficient (Wildman–Crippen LogP) is 3.60. The van der Waals surface area contributed by atoms with Gasteiger partial charge in [0.2, 0.25) is 0 Å². The number of pyridine rings is 1. The Bertz CT molecular complexity index is 770. The molecule has 0 aliphatic carbocycles. The number of aryl methyl sites for hydroxylation is 2. The van der Waals surface area contributed by atoms with Crippen molar-refractivity contribution in [2.75, 3.05) is 0 Å². The van der Waals surface area contributed by atoms with Crippen molar-refractivity contribution in [1.29, 1.82) is 0 Å². The Morgan fingerprint density at radius 2 is 1.86 bits per heavy atom. The molecule has 1 aromatic carbocycles. The van der Waals surface area contributed by atoms with Crippen LogP contribution in [0.3, 0.4) is 0 Å². The molecule has 2 aromatic heterocycles. The van der Waals surface area contributed by atoms with Gasteiger partial charge in [0.25, 0.3) is 0 Å². The second-order valence-corrected chi connectivity index (χ2v) is 5.67. The molecule has 0 aliphatic heterocycles. The second-order valence-electron chi connectivity index (χ2n) is 5.67. The van der Waals surface area contributed by atoms with E-state index in [0.29, 0.717) is 0 Å². The van der Waals surface area contributed by atoms with Crippen molar-refractivity contribution in [2.45, 2.75) is 33.3 Å². The monoisotopic (exact) mass is 280 g/mol. The van der Waals surface area contributed by atoms with Crippen molar-refractivity contribution in [3.05, 3.63) is 70.7 Å². The van der Waals surface area contributed by atoms with Crippen molar-refractivity contribution in [3.8, 4) is 0 Å². The maximum Gasteiger partial charge on any atom is 0.140 e. The van der Waals surface area contributed by atoms with E-state index in [-0.39, 0.29) is 0 Å². The van der Waals surface area contributed by atoms with Crippen molar-refractivity contribution in [1.82, 2.24) is 9.38 Å². The number of rotatable bonds is 3. The number of benzene rings is 1. The summed E-state index contributed by atoms with van der Waals surface area (Å²) < 4.78 is 2.00. The summed E-state index contributed by atoms with van der Waals surface area (Å²) in [5.41, 5.74) is 6.34. The van der Waals surface area contributed by atoms with E-state index >= 15 is 0 Å². The summed E-state index contributed by atoms with van der Waals surface area (Å²) in [6.07, 6.45) is 2.17. The maximum absolute atomic E-state index is 10.1. The molecule has 0 spiro atoms. The van der Waals surface area contributed by atoms with Gasteiger partial charge >= 0.3 is 0 Å². The molecule has 0 aliphatic rings. The second kappa shape index (κ2) is 5.34. The molecule has 0 saturated carbocycles. The molecule has 3 nitrogen and oxygen atoms in total. The number of hydrogen-bond acceptors (Lipinski definition) is 2. The number of fused-ring (bicyclic) bond motifs is 1. The molecule has 1 N–H and O–H groups in total. The minimum Gasteiger partial charge on any atom is -0.387 e. The first kappa shape index (κ1) is 13.8. The number of nitrogens with zero attached hydrogens (tertiary/aromatic N) is 2. The van der Waals surface area contributed by atoms with Gasteiger partial charge in [0.1, 0.15) is 5.65 Å². The highest BCUT2D eigenvalue weighted by Crippen LogP contribution is 2.24. The summed E-state index contributed by atoms with van der Waals surface area (Å²) in [5, 5.41) is 10.1. The molecule has 108 valence electrons. The Morgan fingerprint density at radius 3 is 2.52 bits per heavy atom. The molecule has 21 heavy (non-hydrogen) atoms. The van der Waals surface area contributed by atoms with Crippen LogP contribution in [0.2, 0.25) is 0 Å². The minimum absolute atomic E-state index is 0.540. The Hall–Kier alpha value is -2.13. The molecule has 0 radical (unpaired) electrons. The zero-order chi connectivity index (χ0) is 15.0. The lowest BCUT2D eigenvalue weighted by atomic mass is 10.1. The van der Waals surface area contributed by atoms with Gasteiger partial charge in [0.05, 0.1) is 17.5 Å². The average Bonchev–Trinajstić information content (AvgIpc) is 2.81. The first-order valence-electron chi connectivity index (χ1n) is 7.26. The van der Waals surface area contributed by atoms with Crippen LogP contribution in [0, 0.1) is 13.8 Å². The summed E-state index contributed by atoms with van der Waals surface area (Å²) in [7, 11) is 0. The van der Waals surface area contributed by atoms with E-state index in [0.717, 1.165) is 29.0 Å². The van der Waals surface area contributed by atoms with Gasteiger partial charge in [-0.15, -0.1) is 0 Å². The van der Waals surface area contributed by atoms with Crippen molar-refractivity contribution < 1.29 is 5.11 Å². The minimum atomic E-state index is -0.540. The topological polar surface area (TPSA) is 37.5 Å². The third kappa shape index (κ3) is 2.57. The highest BCUT2D eigenvalue weighted by atomic mass is 16.3. The highest BCUT2D eigenvalue weighted by molar-refractivity contribution is 5.51. The van der Waals surface area contributed by atoms with Crippen LogP contribution in [0.4, 0.5) is 0 Å². The molecule has 0 amide bonds. The lowest BCUT2D eigenvalue weighted by molar-refractivity contribution is 0.192. The molecule has 3 rings (SSSR count). The molecule has 1 atom stereocenters. The number of imidazole rings is 1. The third-order valence-corrected chi connectivity index (χ3v) is 3.85. The standard InChI is InChI=1S/C18H20N2O/c1-12-6-8-15(9-7-12)11-16-17(14(3)21)20-10-4-5-13(2)18(20)19-16/h4-10,14,21H,11H2,1-3H3. The number of hydrogen-bond donors (Lipinski definition) is 1. The van der Waals surface area contributed by atoms with Gasteiger partial charge < -0.3 is 9.51 Å². The quantitative estimate of drug-likeness (QED) is 0.796. The Labute approximate surface area is 124 Å². The summed E-state index contributed by atoms with van der Waals surface area (Å²) in [6, 6.07) is 12.5. The van der Waals surface area contributed by atoms with Gasteiger partial charge in [-0.25, -0.2) is 4.98 Å². The van der Waals surface area contributed by atoms with E-state index in [9.17, 15) is 5.11 Å². The molecule has 0 fully saturated rings. The fourth-order valence-corrected chi connectivity index (χ4v) is 2.74. The lowest BCUT2D eigenvalue weighted by Crippen LogP contribution is -2.02. The van der Waals surface area contributed by atoms with E-state index < -0.39 is 6.10 Å². The van der Waals surface area contributed by atoms with E-state index in [1.807, 2.05) is 29.7 Å². The largest absolute Gasteiger partial charge is 0.387 e. The van der Waals surface area contributed by atoms with Gasteiger partial charge in [-0.05, 0) is 38.0 Å². The molecule has 2 heterocycles. The summed E-state index contributed by atoms with van der Waals surface area (Å²) in [6.45, 7) is 5.92. The molecule has 3 heteroatoms. The Balaban J connectivity index is 2.11. The van der Waals surface area contributed by atoms with Gasteiger partial charge in [-0.3, -0.25) is 0 Å². The molecular formula is C18H20N2O. The first-order chi connectivity index (χ1) is 10.1. The molecule has 0 bridgehead atoms. The van der Waals surface area contributed by atoms with Crippen LogP contribution in [0.15, 0.2) is 42.6 Å². The molecule has 0 saturated heterocycles. The maximum atomic E-state index is 10.1. The number of aromatic nitrogens is 2. The van der Waals surface area contributed by atoms with Crippen molar-refractivity contribution in [2.24, 2.45) is 0 Å². The summed E-state index contributed by atoms with van der Waals surface area (Å²) >= 11 is 0. The highest BCUT2D eigenvalue weighted by Gasteiger charge is 2.17. The van der Waals surface area contributed by atoms with E-state index in [1.54, 1.807) is 6.92 Å². The zero-order valence-electron chi connectivity index (χ0n) is 12.7. The smallest absolute Gasteiger partial charge is 0.140 e. The van der Waals surface area contributed by atoms with Crippen LogP contribution >= 0.6 is 0 Å². The van der Waals surface area contributed by atoms with Gasteiger partial charge in [0.15, 0.2) is 0 Å². The average molecular weight is 280 g/mol. The van der Waals surface area contributed by atoms with Gasteiger partial charge in [0, 0.05) is 12.6 Å². The van der Waals surface area contributed by atoms with Crippen LogP contribution in [0.25, 0.3) is 5.65 Å².